The second kappa shape index (κ2) is 45.7. The van der Waals surface area contributed by atoms with Crippen LogP contribution in [0.25, 0.3) is 0 Å². The number of amidine groups is 4. The van der Waals surface area contributed by atoms with E-state index in [-0.39, 0.29) is 90.6 Å². The van der Waals surface area contributed by atoms with Gasteiger partial charge in [-0.1, -0.05) is 119 Å². The van der Waals surface area contributed by atoms with E-state index < -0.39 is 70.5 Å². The standard InChI is InChI=1S/C25H23ClFN5O2.C24H21ClFN5O3.C24H21ClFN5O2.C22H19ClFN5O2/c26-17-9-11-22(29-15-17)31-25(34)19-6-2-3-7-21(19)30-24(33)18-10-8-16(14-20(18)27)23(28)32-12-4-1-5-13-32;25-16-6-8-21(28-14-16)30-24(33)18-3-1-2-4-20(18)29-23(32)17-7-5-15(13-19(17)26)22(27)31-9-11-34-12-10-31;25-16-8-10-21(28-14-16)30-24(33)18-5-1-2-6-20(18)29-23(32)17-9-7-15(13-19(17)26)22(27)31-11-3-4-12-31;1-29(2)20(25)13-7-9-15(17(24)11-13)21(30)27-18-6-4-3-5-16(18)22(31)28-19-10-8-14(23)12-26-19/h2-3,6-11,14-15,28H,1,4-5,12-13H2,(H,30,33)(H,29,31,34);1-8,13-14,27H,9-12H2,(H,29,32)(H,28,30,33);1-2,5-10,13-14,27H,3-4,11-12H2,(H,29,32)(H,28,30,33);3-12,25H,1-2H3,(H,27,30)(H,26,28,31). The molecule has 132 heavy (non-hydrogen) atoms. The number of hydrogen-bond donors (Lipinski definition) is 12. The van der Waals surface area contributed by atoms with Gasteiger partial charge in [-0.15, -0.1) is 0 Å². The van der Waals surface area contributed by atoms with Gasteiger partial charge in [-0.25, -0.2) is 37.5 Å². The highest BCUT2D eigenvalue weighted by Crippen LogP contribution is 2.29. The molecule has 0 saturated carbocycles. The number of rotatable bonds is 20. The zero-order valence-corrected chi connectivity index (χ0v) is 73.6. The van der Waals surface area contributed by atoms with Crippen molar-refractivity contribution in [2.45, 2.75) is 32.1 Å². The van der Waals surface area contributed by atoms with Crippen LogP contribution in [0.5, 0.6) is 0 Å². The predicted octanol–water partition coefficient (Wildman–Crippen LogP) is 18.3. The highest BCUT2D eigenvalue weighted by Gasteiger charge is 2.27. The van der Waals surface area contributed by atoms with E-state index in [0.717, 1.165) is 70.4 Å². The van der Waals surface area contributed by atoms with E-state index in [1.807, 2.05) is 9.80 Å². The van der Waals surface area contributed by atoms with Crippen molar-refractivity contribution in [1.82, 2.24) is 39.5 Å². The fourth-order valence-electron chi connectivity index (χ4n) is 13.5. The van der Waals surface area contributed by atoms with E-state index in [1.54, 1.807) is 152 Å². The number of piperidine rings is 1. The molecule has 8 amide bonds. The number of carbonyl (C=O) groups excluding carboxylic acids is 8. The number of anilines is 8. The monoisotopic (exact) mass is 1860 g/mol. The Bertz CT molecular complexity index is 6140. The lowest BCUT2D eigenvalue weighted by molar-refractivity contribution is 0.0679. The molecule has 3 aliphatic heterocycles. The molecule has 3 fully saturated rings. The number of likely N-dealkylation sites (tertiary alicyclic amines) is 2. The molecule has 7 heterocycles. The molecule has 3 saturated heterocycles. The molecular weight excluding hydrogens is 1780 g/mol. The third kappa shape index (κ3) is 25.9. The first-order valence-corrected chi connectivity index (χ1v) is 42.4. The average molecular weight is 1870 g/mol. The number of hydrogen-bond acceptors (Lipinski definition) is 17. The van der Waals surface area contributed by atoms with Gasteiger partial charge in [0.2, 0.25) is 0 Å². The summed E-state index contributed by atoms with van der Waals surface area (Å²) >= 11 is 23.2. The van der Waals surface area contributed by atoms with E-state index in [9.17, 15) is 55.9 Å². The summed E-state index contributed by atoms with van der Waals surface area (Å²) in [5.74, 6) is -5.84. The number of aromatic nitrogens is 4. The maximum Gasteiger partial charge on any atom is 0.258 e. The van der Waals surface area contributed by atoms with Gasteiger partial charge in [0, 0.05) is 100 Å². The van der Waals surface area contributed by atoms with Crippen LogP contribution < -0.4 is 42.5 Å². The van der Waals surface area contributed by atoms with E-state index in [1.165, 1.54) is 102 Å². The highest BCUT2D eigenvalue weighted by atomic mass is 35.5. The lowest BCUT2D eigenvalue weighted by Gasteiger charge is -2.29. The molecule has 15 rings (SSSR count). The lowest BCUT2D eigenvalue weighted by atomic mass is 10.1. The van der Waals surface area contributed by atoms with Crippen molar-refractivity contribution in [3.05, 3.63) is 353 Å². The normalized spacial score (nSPS) is 12.5. The Balaban J connectivity index is 0.000000159. The maximum atomic E-state index is 14.8. The summed E-state index contributed by atoms with van der Waals surface area (Å²) in [5.41, 5.74) is 2.40. The molecule has 12 N–H and O–H groups in total. The largest absolute Gasteiger partial charge is 0.378 e. The molecule has 0 spiro atoms. The van der Waals surface area contributed by atoms with Gasteiger partial charge in [0.1, 0.15) is 69.9 Å². The van der Waals surface area contributed by atoms with Crippen LogP contribution >= 0.6 is 46.4 Å². The molecule has 12 aromatic rings. The topological polar surface area (TPSA) is 402 Å². The molecule has 3 aliphatic rings. The number of halogens is 8. The van der Waals surface area contributed by atoms with E-state index in [0.29, 0.717) is 91.9 Å². The molecule has 0 unspecified atom stereocenters. The summed E-state index contributed by atoms with van der Waals surface area (Å²) in [4.78, 5) is 125. The molecule has 8 aromatic carbocycles. The number of benzene rings is 8. The first-order chi connectivity index (χ1) is 63.5. The van der Waals surface area contributed by atoms with Gasteiger partial charge in [0.15, 0.2) is 0 Å². The number of nitrogens with zero attached hydrogens (tertiary/aromatic N) is 8. The summed E-state index contributed by atoms with van der Waals surface area (Å²) in [6.07, 6.45) is 10.8. The van der Waals surface area contributed by atoms with Gasteiger partial charge in [0.25, 0.3) is 47.3 Å². The smallest absolute Gasteiger partial charge is 0.258 e. The molecule has 0 bridgehead atoms. The summed E-state index contributed by atoms with van der Waals surface area (Å²) in [6.45, 7) is 5.19. The Labute approximate surface area is 774 Å². The summed E-state index contributed by atoms with van der Waals surface area (Å²) in [6, 6.07) is 54.3. The minimum atomic E-state index is -0.770. The minimum Gasteiger partial charge on any atom is -0.378 e. The van der Waals surface area contributed by atoms with Crippen LogP contribution in [0, 0.1) is 44.9 Å². The van der Waals surface area contributed by atoms with Crippen molar-refractivity contribution in [2.24, 2.45) is 0 Å². The van der Waals surface area contributed by atoms with Gasteiger partial charge in [-0.2, -0.15) is 0 Å². The average Bonchev–Trinajstić information content (AvgIpc) is 1.36. The van der Waals surface area contributed by atoms with Crippen molar-refractivity contribution >= 4 is 163 Å². The lowest BCUT2D eigenvalue weighted by Crippen LogP contribution is -2.40. The van der Waals surface area contributed by atoms with Crippen molar-refractivity contribution < 1.29 is 60.7 Å². The summed E-state index contributed by atoms with van der Waals surface area (Å²) < 4.78 is 64.2. The van der Waals surface area contributed by atoms with Crippen molar-refractivity contribution in [2.75, 3.05) is 109 Å². The van der Waals surface area contributed by atoms with Gasteiger partial charge in [0.05, 0.1) is 101 Å². The Morgan fingerprint density at radius 2 is 0.538 bits per heavy atom. The molecule has 4 aromatic heterocycles. The number of ether oxygens (including phenoxy) is 1. The fraction of sp³-hybridized carbons (Fsp3) is 0.158. The third-order valence-corrected chi connectivity index (χ3v) is 21.3. The Morgan fingerprint density at radius 3 is 0.788 bits per heavy atom. The third-order valence-electron chi connectivity index (χ3n) is 20.4. The number of carbonyl (C=O) groups is 8. The maximum absolute atomic E-state index is 14.8. The number of nitrogens with one attached hydrogen (secondary N) is 12. The van der Waals surface area contributed by atoms with Crippen LogP contribution in [0.2, 0.25) is 20.1 Å². The Kier molecular flexibility index (Phi) is 33.2. The molecule has 0 atom stereocenters. The van der Waals surface area contributed by atoms with Gasteiger partial charge >= 0.3 is 0 Å². The Morgan fingerprint density at radius 1 is 0.303 bits per heavy atom. The molecule has 674 valence electrons. The van der Waals surface area contributed by atoms with Crippen LogP contribution in [0.3, 0.4) is 0 Å². The molecule has 0 radical (unpaired) electrons. The van der Waals surface area contributed by atoms with Crippen LogP contribution in [0.15, 0.2) is 243 Å². The SMILES string of the molecule is CN(C)C(=N)c1ccc(C(=O)Nc2ccccc2C(=O)Nc2ccc(Cl)cn2)c(F)c1.N=C(c1ccc(C(=O)Nc2ccccc2C(=O)Nc2ccc(Cl)cn2)c(F)c1)N1CCCC1.N=C(c1ccc(C(=O)Nc2ccccc2C(=O)Nc2ccc(Cl)cn2)c(F)c1)N1CCCCC1.N=C(c1ccc(C(=O)Nc2ccccc2C(=O)Nc2ccc(Cl)cn2)c(F)c1)N1CCOCC1. The van der Waals surface area contributed by atoms with Gasteiger partial charge in [-0.3, -0.25) is 60.0 Å². The molecular formula is C95H84Cl4F4N20O9. The Hall–Kier alpha value is -15.2. The van der Waals surface area contributed by atoms with Crippen molar-refractivity contribution in [3.8, 4) is 0 Å². The number of pyridine rings is 4. The molecule has 29 nitrogen and oxygen atoms in total. The van der Waals surface area contributed by atoms with Crippen LogP contribution in [-0.2, 0) is 4.74 Å². The molecule has 0 aliphatic carbocycles. The first kappa shape index (κ1) is 95.9. The van der Waals surface area contributed by atoms with Gasteiger partial charge in [-0.05, 0) is 178 Å². The van der Waals surface area contributed by atoms with Crippen LogP contribution in [-0.4, -0.2) is 177 Å². The summed E-state index contributed by atoms with van der Waals surface area (Å²) in [7, 11) is 3.34. The second-order valence-corrected chi connectivity index (χ2v) is 31.4. The highest BCUT2D eigenvalue weighted by molar-refractivity contribution is 6.31. The zero-order chi connectivity index (χ0) is 94.1. The van der Waals surface area contributed by atoms with Crippen LogP contribution in [0.1, 0.15) is 137 Å². The minimum absolute atomic E-state index is 0.115. The van der Waals surface area contributed by atoms with Crippen molar-refractivity contribution in [3.63, 3.8) is 0 Å². The van der Waals surface area contributed by atoms with Crippen LogP contribution in [0.4, 0.5) is 63.6 Å². The first-order valence-electron chi connectivity index (χ1n) is 40.9. The van der Waals surface area contributed by atoms with E-state index >= 15 is 0 Å². The second-order valence-electron chi connectivity index (χ2n) is 29.7. The number of amides is 8. The van der Waals surface area contributed by atoms with Crippen molar-refractivity contribution in [1.29, 1.82) is 21.6 Å². The molecule has 37 heteroatoms. The predicted molar refractivity (Wildman–Crippen MR) is 502 cm³/mol. The van der Waals surface area contributed by atoms with Gasteiger partial charge < -0.3 is 66.9 Å². The fourth-order valence-corrected chi connectivity index (χ4v) is 13.9. The number of para-hydroxylation sites is 4. The quantitative estimate of drug-likeness (QED) is 0.0192. The zero-order valence-electron chi connectivity index (χ0n) is 70.6. The van der Waals surface area contributed by atoms with E-state index in [4.69, 9.17) is 72.8 Å². The number of morpholine rings is 1. The van der Waals surface area contributed by atoms with E-state index in [2.05, 4.69) is 62.5 Å². The summed E-state index contributed by atoms with van der Waals surface area (Å²) in [5, 5.41) is 55.5.